The average molecular weight is 657 g/mol. The Hall–Kier alpha value is -3.85. The lowest BCUT2D eigenvalue weighted by Crippen LogP contribution is -2.51. The Balaban J connectivity index is 1.23. The van der Waals surface area contributed by atoms with Gasteiger partial charge < -0.3 is 15.7 Å². The highest BCUT2D eigenvalue weighted by Gasteiger charge is 2.29. The first-order chi connectivity index (χ1) is 22.4. The van der Waals surface area contributed by atoms with Gasteiger partial charge in [-0.3, -0.25) is 14.4 Å². The summed E-state index contributed by atoms with van der Waals surface area (Å²) in [6, 6.07) is 9.22. The minimum absolute atomic E-state index is 0.104. The second-order valence-electron chi connectivity index (χ2n) is 14.5. The van der Waals surface area contributed by atoms with Crippen LogP contribution in [0.4, 0.5) is 0 Å². The van der Waals surface area contributed by atoms with Crippen molar-refractivity contribution < 1.29 is 19.5 Å². The van der Waals surface area contributed by atoms with Gasteiger partial charge in [0.1, 0.15) is 12.1 Å². The van der Waals surface area contributed by atoms with E-state index in [1.54, 1.807) is 6.07 Å². The van der Waals surface area contributed by atoms with Gasteiger partial charge in [0.15, 0.2) is 5.82 Å². The van der Waals surface area contributed by atoms with Crippen molar-refractivity contribution in [2.24, 2.45) is 17.8 Å². The van der Waals surface area contributed by atoms with Crippen LogP contribution < -0.4 is 10.6 Å². The maximum atomic E-state index is 13.2. The second kappa shape index (κ2) is 14.9. The number of amides is 2. The third-order valence-corrected chi connectivity index (χ3v) is 11.3. The lowest BCUT2D eigenvalue weighted by Gasteiger charge is -2.34. The van der Waals surface area contributed by atoms with Crippen LogP contribution in [0.2, 0.25) is 0 Å². The average Bonchev–Trinajstić information content (AvgIpc) is 3.57. The van der Waals surface area contributed by atoms with E-state index in [4.69, 9.17) is 0 Å². The molecule has 1 fully saturated rings. The van der Waals surface area contributed by atoms with Crippen molar-refractivity contribution in [3.63, 3.8) is 0 Å². The van der Waals surface area contributed by atoms with Gasteiger partial charge in [-0.15, -0.1) is 11.3 Å². The number of carboxylic acid groups (broad SMARTS) is 1. The summed E-state index contributed by atoms with van der Waals surface area (Å²) in [6.07, 6.45) is 15.4. The molecule has 3 atom stereocenters. The normalized spacial score (nSPS) is 21.3. The zero-order valence-electron chi connectivity index (χ0n) is 28.2. The van der Waals surface area contributed by atoms with E-state index in [9.17, 15) is 19.5 Å². The zero-order valence-corrected chi connectivity index (χ0v) is 29.0. The van der Waals surface area contributed by atoms with Crippen molar-refractivity contribution in [1.29, 1.82) is 0 Å². The summed E-state index contributed by atoms with van der Waals surface area (Å²) in [6.45, 7) is 10.0. The summed E-state index contributed by atoms with van der Waals surface area (Å²) < 4.78 is 0. The summed E-state index contributed by atoms with van der Waals surface area (Å²) in [4.78, 5) is 48.6. The maximum Gasteiger partial charge on any atom is 0.325 e. The van der Waals surface area contributed by atoms with Crippen molar-refractivity contribution in [3.8, 4) is 11.4 Å². The molecule has 0 spiro atoms. The molecule has 0 saturated heterocycles. The number of nitrogens with zero attached hydrogens (tertiary/aromatic N) is 2. The number of aliphatic carboxylic acids is 1. The summed E-state index contributed by atoms with van der Waals surface area (Å²) in [7, 11) is 0. The quantitative estimate of drug-likeness (QED) is 0.209. The van der Waals surface area contributed by atoms with Crippen molar-refractivity contribution in [2.45, 2.75) is 103 Å². The number of aromatic nitrogens is 2. The van der Waals surface area contributed by atoms with Crippen LogP contribution in [0.15, 0.2) is 54.9 Å². The molecule has 2 amide bonds. The van der Waals surface area contributed by atoms with Crippen molar-refractivity contribution >= 4 is 34.7 Å². The molecule has 0 radical (unpaired) electrons. The Bertz CT molecular complexity index is 1580. The summed E-state index contributed by atoms with van der Waals surface area (Å²) >= 11 is 1.39. The van der Waals surface area contributed by atoms with Crippen molar-refractivity contribution in [2.75, 3.05) is 0 Å². The Morgan fingerprint density at radius 3 is 2.17 bits per heavy atom. The first kappa shape index (κ1) is 34.5. The predicted molar refractivity (Wildman–Crippen MR) is 187 cm³/mol. The topological polar surface area (TPSA) is 121 Å². The van der Waals surface area contributed by atoms with Crippen LogP contribution in [0.1, 0.15) is 105 Å². The van der Waals surface area contributed by atoms with Gasteiger partial charge in [0.2, 0.25) is 5.91 Å². The molecular formula is C38H48N4O4S. The molecule has 2 heterocycles. The second-order valence-corrected chi connectivity index (χ2v) is 15.6. The van der Waals surface area contributed by atoms with Gasteiger partial charge in [0.25, 0.3) is 5.91 Å². The molecule has 1 unspecified atom stereocenters. The van der Waals surface area contributed by atoms with Crippen molar-refractivity contribution in [1.82, 2.24) is 20.6 Å². The van der Waals surface area contributed by atoms with E-state index in [1.807, 2.05) is 42.7 Å². The molecule has 3 N–H and O–H groups in total. The number of hydrogen-bond donors (Lipinski definition) is 3. The minimum Gasteiger partial charge on any atom is -0.480 e. The summed E-state index contributed by atoms with van der Waals surface area (Å²) in [5.41, 5.74) is 3.98. The largest absolute Gasteiger partial charge is 0.480 e. The predicted octanol–water partition coefficient (Wildman–Crippen LogP) is 7.44. The summed E-state index contributed by atoms with van der Waals surface area (Å²) in [5, 5.41) is 14.7. The lowest BCUT2D eigenvalue weighted by molar-refractivity contribution is -0.141. The number of allylic oxidation sites excluding steroid dienone is 2. The van der Waals surface area contributed by atoms with Crippen LogP contribution in [0.25, 0.3) is 17.0 Å². The molecular weight excluding hydrogens is 609 g/mol. The number of carbonyl (C=O) groups excluding carboxylic acids is 2. The van der Waals surface area contributed by atoms with Crippen LogP contribution in [0.5, 0.6) is 0 Å². The highest BCUT2D eigenvalue weighted by atomic mass is 32.1. The van der Waals surface area contributed by atoms with Crippen LogP contribution in [0, 0.1) is 17.8 Å². The number of thiophene rings is 1. The van der Waals surface area contributed by atoms with Gasteiger partial charge in [0, 0.05) is 34.8 Å². The van der Waals surface area contributed by atoms with E-state index < -0.39 is 24.0 Å². The van der Waals surface area contributed by atoms with Gasteiger partial charge in [0.05, 0.1) is 4.88 Å². The lowest BCUT2D eigenvalue weighted by atomic mass is 9.71. The number of carbonyl (C=O) groups is 3. The molecule has 3 aromatic rings. The molecule has 0 aliphatic heterocycles. The van der Waals surface area contributed by atoms with E-state index in [-0.39, 0.29) is 17.7 Å². The molecule has 2 aliphatic carbocycles. The van der Waals surface area contributed by atoms with Crippen LogP contribution >= 0.6 is 11.3 Å². The van der Waals surface area contributed by atoms with E-state index in [2.05, 4.69) is 54.4 Å². The molecule has 2 aliphatic rings. The van der Waals surface area contributed by atoms with Gasteiger partial charge in [-0.25, -0.2) is 9.97 Å². The van der Waals surface area contributed by atoms with Crippen LogP contribution in [-0.2, 0) is 21.4 Å². The molecule has 1 aromatic carbocycles. The Morgan fingerprint density at radius 2 is 1.60 bits per heavy atom. The molecule has 1 saturated carbocycles. The van der Waals surface area contributed by atoms with E-state index >= 15 is 0 Å². The number of nitrogens with one attached hydrogen (secondary N) is 2. The van der Waals surface area contributed by atoms with E-state index in [0.29, 0.717) is 10.7 Å². The van der Waals surface area contributed by atoms with E-state index in [0.717, 1.165) is 52.2 Å². The number of rotatable bonds is 10. The van der Waals surface area contributed by atoms with Crippen LogP contribution in [0.3, 0.4) is 0 Å². The molecule has 9 heteroatoms. The fraction of sp³-hybridized carbons (Fsp3) is 0.500. The van der Waals surface area contributed by atoms with Gasteiger partial charge in [-0.05, 0) is 85.5 Å². The standard InChI is InChI=1S/C38H48N4O4S/c1-23-6-10-26(11-7-23)27-14-16-28(17-15-27)30-21-39-34(40-22-30)29-12-8-25(9-13-29)20-31(35(43)41-24(2)37(45)46)42-36(44)32-18-19-33(47-32)38(3,4)5/h8-9,12-13,16,18-19,21-24,26-27,31H,6-7,10-11,14-15,17,20H2,1-5H3,(H,41,43)(H,42,44)(H,45,46)/t23?,24-,26?,27?,31+/m1/s1. The highest BCUT2D eigenvalue weighted by molar-refractivity contribution is 7.14. The monoisotopic (exact) mass is 656 g/mol. The smallest absolute Gasteiger partial charge is 0.325 e. The first-order valence-electron chi connectivity index (χ1n) is 16.9. The van der Waals surface area contributed by atoms with E-state index in [1.165, 1.54) is 55.9 Å². The van der Waals surface area contributed by atoms with Crippen molar-refractivity contribution in [3.05, 3.63) is 75.7 Å². The number of hydrogen-bond acceptors (Lipinski definition) is 6. The van der Waals surface area contributed by atoms with Gasteiger partial charge in [-0.1, -0.05) is 70.9 Å². The highest BCUT2D eigenvalue weighted by Crippen LogP contribution is 2.41. The fourth-order valence-corrected chi connectivity index (χ4v) is 7.61. The SMILES string of the molecule is CC1CCC(C2CC=C(c3cnc(-c4ccc(C[C@H](NC(=O)c5ccc(C(C)(C)C)s5)C(=O)N[C@H](C)C(=O)O)cc4)nc3)CC2)CC1. The Kier molecular flexibility index (Phi) is 11.0. The molecule has 8 nitrogen and oxygen atoms in total. The Labute approximate surface area is 282 Å². The maximum absolute atomic E-state index is 13.2. The van der Waals surface area contributed by atoms with Gasteiger partial charge >= 0.3 is 5.97 Å². The molecule has 2 aromatic heterocycles. The van der Waals surface area contributed by atoms with Crippen LogP contribution in [-0.4, -0.2) is 44.9 Å². The van der Waals surface area contributed by atoms with Gasteiger partial charge in [-0.2, -0.15) is 0 Å². The molecule has 47 heavy (non-hydrogen) atoms. The summed E-state index contributed by atoms with van der Waals surface area (Å²) in [5.74, 6) is 1.12. The zero-order chi connectivity index (χ0) is 33.7. The third kappa shape index (κ3) is 8.95. The molecule has 5 rings (SSSR count). The number of benzene rings is 1. The Morgan fingerprint density at radius 1 is 0.915 bits per heavy atom. The molecule has 0 bridgehead atoms. The minimum atomic E-state index is -1.15. The number of carboxylic acids is 1. The first-order valence-corrected chi connectivity index (χ1v) is 17.7. The molecule has 250 valence electrons. The third-order valence-electron chi connectivity index (χ3n) is 9.77. The fourth-order valence-electron chi connectivity index (χ4n) is 6.65.